The van der Waals surface area contributed by atoms with Crippen LogP contribution in [0.2, 0.25) is 0 Å². The molecule has 0 spiro atoms. The van der Waals surface area contributed by atoms with Crippen LogP contribution in [0, 0.1) is 59.1 Å². The van der Waals surface area contributed by atoms with Crippen molar-refractivity contribution in [2.75, 3.05) is 0 Å². The Morgan fingerprint density at radius 1 is 0.402 bits per heavy atom. The Kier molecular flexibility index (Phi) is 21.6. The summed E-state index contributed by atoms with van der Waals surface area (Å²) in [6.45, 7) is 24.9. The molecule has 0 saturated heterocycles. The second-order valence-electron chi connectivity index (χ2n) is 29.4. The molecular formula is C94H76F4N4O4S6. The average Bonchev–Trinajstić information content (AvgIpc) is 1.50. The highest BCUT2D eigenvalue weighted by atomic mass is 32.1. The standard InChI is InChI=1S/C94H76F4N4O4S6/c1-7-11-15-19-23-53-27-35-57(36-28-53)93(58-37-29-54(30-38-58)24-20-16-12-8-2)79-85-75(45-61(107-85)43-67-77(73(51-99)101-5)63-47-69(95)71(97)49-65(63)81(67)103)109-87(79)89-83(105-93)91-92(111-89)84-90(112-91)88-80(86-76(110-88)46-62(108-86)44-68-78(74(52-100)102-6)64-48-70(96)72(98)50-66(64)82(68)104)94(106-84,59-39-31-55(32-40-59)25-21-17-13-9-3)60-41-33-56(34-42-60)26-22-18-14-10-4/h27-50H,7-26H2,1-4H3/b67-43-,68-44-,77-73-,78-74+. The topological polar surface area (TPSA) is 109 Å². The van der Waals surface area contributed by atoms with Crippen molar-refractivity contribution in [3.8, 4) is 43.1 Å². The van der Waals surface area contributed by atoms with Crippen molar-refractivity contribution in [1.82, 2.24) is 0 Å². The number of ketones is 2. The van der Waals surface area contributed by atoms with Crippen LogP contribution in [0.25, 0.3) is 80.7 Å². The number of thiophene rings is 6. The number of fused-ring (bicyclic) bond motifs is 15. The summed E-state index contributed by atoms with van der Waals surface area (Å²) in [5, 5.41) is 20.7. The second kappa shape index (κ2) is 31.8. The molecule has 112 heavy (non-hydrogen) atoms. The van der Waals surface area contributed by atoms with Gasteiger partial charge in [-0.1, -0.05) is 202 Å². The van der Waals surface area contributed by atoms with E-state index in [-0.39, 0.29) is 44.5 Å². The predicted octanol–water partition coefficient (Wildman–Crippen LogP) is 28.1. The van der Waals surface area contributed by atoms with Gasteiger partial charge in [-0.15, -0.1) is 68.0 Å². The van der Waals surface area contributed by atoms with Crippen LogP contribution in [0.1, 0.15) is 228 Å². The van der Waals surface area contributed by atoms with Gasteiger partial charge in [-0.3, -0.25) is 9.59 Å². The number of nitrogens with zero attached hydrogens (tertiary/aromatic N) is 4. The van der Waals surface area contributed by atoms with E-state index in [0.29, 0.717) is 21.3 Å². The summed E-state index contributed by atoms with van der Waals surface area (Å²) >= 11 is 9.42. The van der Waals surface area contributed by atoms with Crippen LogP contribution in [0.5, 0.6) is 11.5 Å². The number of hydrogen-bond donors (Lipinski definition) is 0. The number of benzene rings is 6. The molecule has 2 aliphatic carbocycles. The van der Waals surface area contributed by atoms with Crippen LogP contribution in [0.15, 0.2) is 156 Å². The molecule has 560 valence electrons. The third-order valence-corrected chi connectivity index (χ3v) is 29.7. The normalized spacial score (nSPS) is 15.9. The third kappa shape index (κ3) is 13.2. The molecule has 16 rings (SSSR count). The molecule has 8 nitrogen and oxygen atoms in total. The van der Waals surface area contributed by atoms with E-state index < -0.39 is 57.4 Å². The van der Waals surface area contributed by atoms with Crippen molar-refractivity contribution >= 4 is 131 Å². The summed E-state index contributed by atoms with van der Waals surface area (Å²) < 4.78 is 82.4. The Hall–Kier alpha value is -10.1. The molecule has 0 radical (unpaired) electrons. The third-order valence-electron chi connectivity index (χ3n) is 22.2. The zero-order valence-corrected chi connectivity index (χ0v) is 67.3. The summed E-state index contributed by atoms with van der Waals surface area (Å²) in [4.78, 5) is 41.2. The van der Waals surface area contributed by atoms with E-state index in [1.165, 1.54) is 44.9 Å². The minimum absolute atomic E-state index is 0.00434. The van der Waals surface area contributed by atoms with E-state index in [1.54, 1.807) is 57.5 Å². The fourth-order valence-electron chi connectivity index (χ4n) is 16.5. The minimum Gasteiger partial charge on any atom is -0.470 e. The fraction of sp³-hybridized carbons (Fsp3) is 0.277. The van der Waals surface area contributed by atoms with Crippen molar-refractivity contribution in [2.45, 2.75) is 167 Å². The van der Waals surface area contributed by atoms with Crippen molar-refractivity contribution < 1.29 is 36.6 Å². The van der Waals surface area contributed by atoms with Crippen LogP contribution in [0.3, 0.4) is 0 Å². The van der Waals surface area contributed by atoms with E-state index in [0.717, 1.165) is 234 Å². The predicted molar refractivity (Wildman–Crippen MR) is 451 cm³/mol. The van der Waals surface area contributed by atoms with Crippen molar-refractivity contribution in [2.24, 2.45) is 0 Å². The number of carbonyl (C=O) groups is 2. The number of carbonyl (C=O) groups excluding carboxylic acids is 2. The van der Waals surface area contributed by atoms with Gasteiger partial charge in [0.15, 0.2) is 57.5 Å². The molecule has 0 atom stereocenters. The van der Waals surface area contributed by atoms with E-state index in [1.807, 2.05) is 24.3 Å². The molecule has 0 amide bonds. The number of hydrogen-bond acceptors (Lipinski definition) is 12. The van der Waals surface area contributed by atoms with E-state index in [2.05, 4.69) is 134 Å². The quantitative estimate of drug-likeness (QED) is 0.0176. The maximum Gasteiger partial charge on any atom is 0.270 e. The highest BCUT2D eigenvalue weighted by molar-refractivity contribution is 7.37. The first-order valence-electron chi connectivity index (χ1n) is 38.7. The van der Waals surface area contributed by atoms with E-state index in [9.17, 15) is 20.1 Å². The highest BCUT2D eigenvalue weighted by Crippen LogP contribution is 2.69. The maximum absolute atomic E-state index is 15.2. The first kappa shape index (κ1) is 75.9. The van der Waals surface area contributed by atoms with E-state index >= 15 is 17.6 Å². The van der Waals surface area contributed by atoms with Gasteiger partial charge in [0.05, 0.1) is 63.6 Å². The fourth-order valence-corrected chi connectivity index (χ4v) is 24.8. The number of nitriles is 2. The monoisotopic (exact) mass is 1590 g/mol. The molecule has 0 fully saturated rings. The summed E-state index contributed by atoms with van der Waals surface area (Å²) in [5.41, 5.74) is 6.45. The average molecular weight is 1590 g/mol. The van der Waals surface area contributed by atoms with Gasteiger partial charge in [-0.2, -0.15) is 0 Å². The van der Waals surface area contributed by atoms with Gasteiger partial charge in [0.2, 0.25) is 0 Å². The molecule has 0 bridgehead atoms. The van der Waals surface area contributed by atoms with Crippen LogP contribution in [0.4, 0.5) is 17.6 Å². The molecule has 0 N–H and O–H groups in total. The molecular weight excluding hydrogens is 1520 g/mol. The molecule has 0 unspecified atom stereocenters. The second-order valence-corrected chi connectivity index (χ2v) is 35.7. The Bertz CT molecular complexity index is 5590. The lowest BCUT2D eigenvalue weighted by molar-refractivity contribution is 0.103. The molecule has 4 aliphatic rings. The maximum atomic E-state index is 15.2. The van der Waals surface area contributed by atoms with Gasteiger partial charge in [0.25, 0.3) is 11.4 Å². The molecule has 6 aromatic carbocycles. The lowest BCUT2D eigenvalue weighted by atomic mass is 9.78. The van der Waals surface area contributed by atoms with Crippen LogP contribution >= 0.6 is 68.0 Å². The number of ether oxygens (including phenoxy) is 2. The van der Waals surface area contributed by atoms with Gasteiger partial charge >= 0.3 is 0 Å². The SMILES string of the molecule is [C-]#[N+]/C(C#N)=C1\C(=C\c2cc3sc4c(c3s2)C(c2ccc(CCCCCC)cc2)(c2ccc(CCCCCC)cc2)Oc2c-4sc3c4c(sc23)-c2sc3cc(/C=C5\C(=O)c6cc(F)c(F)cc6\C5=C(\C#N)[N+]#[C-])sc3c2C(c2ccc(CCCCCC)cc2)(c2ccc(CCCCCC)cc2)O4)C(=O)c2cc(F)c(F)cc21. The lowest BCUT2D eigenvalue weighted by Gasteiger charge is -2.39. The van der Waals surface area contributed by atoms with Crippen LogP contribution in [-0.2, 0) is 36.9 Å². The van der Waals surface area contributed by atoms with Gasteiger partial charge in [-0.25, -0.2) is 37.8 Å². The number of halogens is 4. The Morgan fingerprint density at radius 2 is 0.705 bits per heavy atom. The van der Waals surface area contributed by atoms with Gasteiger partial charge in [0, 0.05) is 86.0 Å². The number of rotatable bonds is 26. The van der Waals surface area contributed by atoms with Crippen LogP contribution < -0.4 is 9.47 Å². The largest absolute Gasteiger partial charge is 0.470 e. The molecule has 18 heteroatoms. The van der Waals surface area contributed by atoms with Crippen LogP contribution in [-0.4, -0.2) is 11.6 Å². The molecule has 2 aliphatic heterocycles. The minimum atomic E-state index is -1.32. The Balaban J connectivity index is 0.936. The number of Topliss-reactive ketones (excluding diaryl/α,β-unsaturated/α-hetero) is 2. The first-order chi connectivity index (χ1) is 54.6. The molecule has 6 aromatic heterocycles. The summed E-state index contributed by atoms with van der Waals surface area (Å²) in [7, 11) is 0. The van der Waals surface area contributed by atoms with Crippen molar-refractivity contribution in [3.63, 3.8) is 0 Å². The van der Waals surface area contributed by atoms with Gasteiger partial charge in [-0.05, 0) is 133 Å². The Morgan fingerprint density at radius 3 is 0.991 bits per heavy atom. The molecule has 12 aromatic rings. The zero-order chi connectivity index (χ0) is 77.7. The number of unbranched alkanes of at least 4 members (excludes halogenated alkanes) is 12. The number of aryl methyl sites for hydroxylation is 4. The number of allylic oxidation sites excluding steroid dienone is 6. The van der Waals surface area contributed by atoms with Crippen molar-refractivity contribution in [1.29, 1.82) is 10.5 Å². The lowest BCUT2D eigenvalue weighted by Crippen LogP contribution is -2.38. The van der Waals surface area contributed by atoms with E-state index in [4.69, 9.17) is 22.6 Å². The summed E-state index contributed by atoms with van der Waals surface area (Å²) in [5.74, 6) is -4.66. The van der Waals surface area contributed by atoms with Gasteiger partial charge < -0.3 is 9.47 Å². The smallest absolute Gasteiger partial charge is 0.270 e. The summed E-state index contributed by atoms with van der Waals surface area (Å²) in [6, 6.07) is 46.9. The highest BCUT2D eigenvalue weighted by Gasteiger charge is 2.53. The Labute approximate surface area is 673 Å². The first-order valence-corrected chi connectivity index (χ1v) is 43.6. The molecule has 8 heterocycles. The molecule has 0 saturated carbocycles. The van der Waals surface area contributed by atoms with Gasteiger partial charge in [0.1, 0.15) is 0 Å². The zero-order valence-electron chi connectivity index (χ0n) is 62.4. The van der Waals surface area contributed by atoms with Crippen molar-refractivity contribution in [3.05, 3.63) is 290 Å². The summed E-state index contributed by atoms with van der Waals surface area (Å²) in [6.07, 6.45) is 24.7.